The number of hydrogen-bond donors (Lipinski definition) is 2. The fraction of sp³-hybridized carbons (Fsp3) is 0.857. The van der Waals surface area contributed by atoms with Crippen molar-refractivity contribution in [2.45, 2.75) is 62.3 Å². The van der Waals surface area contributed by atoms with Crippen LogP contribution in [0.25, 0.3) is 0 Å². The molecule has 3 atom stereocenters. The Morgan fingerprint density at radius 1 is 1.47 bits per heavy atom. The summed E-state index contributed by atoms with van der Waals surface area (Å²) in [5, 5.41) is 6.16. The molecule has 0 aromatic heterocycles. The first-order chi connectivity index (χ1) is 8.99. The number of ketones is 1. The summed E-state index contributed by atoms with van der Waals surface area (Å²) in [6.45, 7) is 3.93. The second kappa shape index (κ2) is 4.40. The van der Waals surface area contributed by atoms with Crippen molar-refractivity contribution in [1.29, 1.82) is 0 Å². The lowest BCUT2D eigenvalue weighted by Gasteiger charge is -2.15. The molecule has 2 saturated heterocycles. The maximum atomic E-state index is 11.6. The molecule has 1 unspecified atom stereocenters. The molecular weight excluding hydrogens is 260 g/mol. The van der Waals surface area contributed by atoms with Crippen molar-refractivity contribution in [3.63, 3.8) is 0 Å². The van der Waals surface area contributed by atoms with Crippen LogP contribution in [0.15, 0.2) is 0 Å². The first kappa shape index (κ1) is 13.3. The van der Waals surface area contributed by atoms with Crippen LogP contribution in [0.4, 0.5) is 4.79 Å². The molecule has 2 amide bonds. The summed E-state index contributed by atoms with van der Waals surface area (Å²) in [6.07, 6.45) is 5.02. The number of unbranched alkanes of at least 4 members (excludes halogenated alkanes) is 1. The fourth-order valence-corrected chi connectivity index (χ4v) is 5.52. The van der Waals surface area contributed by atoms with Crippen LogP contribution in [0, 0.1) is 5.92 Å². The Balaban J connectivity index is 1.48. The predicted octanol–water partition coefficient (Wildman–Crippen LogP) is 2.08. The molecule has 2 N–H and O–H groups in total. The summed E-state index contributed by atoms with van der Waals surface area (Å²) in [5.41, 5.74) is 0.0385. The first-order valence-electron chi connectivity index (χ1n) is 7.24. The lowest BCUT2D eigenvalue weighted by molar-refractivity contribution is -0.122. The molecule has 0 aromatic rings. The molecule has 2 aliphatic heterocycles. The number of nitrogens with one attached hydrogen (secondary N) is 2. The lowest BCUT2D eigenvalue weighted by atomic mass is 10.00. The Hall–Kier alpha value is -0.710. The molecule has 3 aliphatic rings. The highest BCUT2D eigenvalue weighted by Crippen LogP contribution is 2.68. The van der Waals surface area contributed by atoms with Gasteiger partial charge in [0.1, 0.15) is 5.78 Å². The largest absolute Gasteiger partial charge is 0.332 e. The predicted molar refractivity (Wildman–Crippen MR) is 76.3 cm³/mol. The summed E-state index contributed by atoms with van der Waals surface area (Å²) in [6, 6.07) is 0.324. The highest BCUT2D eigenvalue weighted by atomic mass is 32.2. The number of hydrogen-bond acceptors (Lipinski definition) is 3. The van der Waals surface area contributed by atoms with E-state index in [0.717, 1.165) is 31.4 Å². The maximum Gasteiger partial charge on any atom is 0.315 e. The van der Waals surface area contributed by atoms with Crippen LogP contribution in [-0.4, -0.2) is 33.9 Å². The normalized spacial score (nSPS) is 38.7. The highest BCUT2D eigenvalue weighted by Gasteiger charge is 2.77. The average molecular weight is 282 g/mol. The zero-order valence-electron chi connectivity index (χ0n) is 11.6. The molecule has 3 fully saturated rings. The van der Waals surface area contributed by atoms with E-state index in [-0.39, 0.29) is 22.2 Å². The van der Waals surface area contributed by atoms with Crippen LogP contribution in [0.2, 0.25) is 0 Å². The van der Waals surface area contributed by atoms with Gasteiger partial charge in [0, 0.05) is 22.8 Å². The summed E-state index contributed by atoms with van der Waals surface area (Å²) in [7, 11) is 0. The molecule has 5 heteroatoms. The third-order valence-electron chi connectivity index (χ3n) is 4.91. The zero-order chi connectivity index (χ0) is 13.7. The Kier molecular flexibility index (Phi) is 3.08. The number of amides is 2. The van der Waals surface area contributed by atoms with E-state index in [1.165, 1.54) is 0 Å². The fourth-order valence-electron chi connectivity index (χ4n) is 3.60. The van der Waals surface area contributed by atoms with Crippen molar-refractivity contribution in [3.05, 3.63) is 0 Å². The highest BCUT2D eigenvalue weighted by molar-refractivity contribution is 8.01. The third-order valence-corrected chi connectivity index (χ3v) is 6.68. The van der Waals surface area contributed by atoms with Gasteiger partial charge in [-0.05, 0) is 19.3 Å². The van der Waals surface area contributed by atoms with Gasteiger partial charge < -0.3 is 10.6 Å². The van der Waals surface area contributed by atoms with Gasteiger partial charge in [-0.1, -0.05) is 20.3 Å². The molecule has 4 nitrogen and oxygen atoms in total. The van der Waals surface area contributed by atoms with Gasteiger partial charge in [-0.2, -0.15) is 11.8 Å². The standard InChI is InChI=1S/C14H22N2O2S/c1-9(2)10(17)5-3-4-6-13-8-14(13)11(7-19-13)15-12(18)16-14/h9,11H,3-8H2,1-2H3,(H2,15,16,18)/t11-,13?,14-/m0/s1. The summed E-state index contributed by atoms with van der Waals surface area (Å²) in [5.74, 6) is 1.56. The van der Waals surface area contributed by atoms with E-state index < -0.39 is 0 Å². The van der Waals surface area contributed by atoms with E-state index >= 15 is 0 Å². The van der Waals surface area contributed by atoms with Crippen molar-refractivity contribution in [2.24, 2.45) is 5.92 Å². The molecule has 3 rings (SSSR count). The Morgan fingerprint density at radius 2 is 2.26 bits per heavy atom. The van der Waals surface area contributed by atoms with Crippen molar-refractivity contribution >= 4 is 23.6 Å². The minimum absolute atomic E-state index is 0.00200. The Bertz CT molecular complexity index is 426. The van der Waals surface area contributed by atoms with E-state index in [2.05, 4.69) is 10.6 Å². The summed E-state index contributed by atoms with van der Waals surface area (Å²) in [4.78, 5) is 23.0. The molecule has 1 spiro atoms. The van der Waals surface area contributed by atoms with Gasteiger partial charge in [0.2, 0.25) is 0 Å². The monoisotopic (exact) mass is 282 g/mol. The number of Topliss-reactive ketones (excluding diaryl/α,β-unsaturated/α-hetero) is 1. The van der Waals surface area contributed by atoms with E-state index in [1.54, 1.807) is 0 Å². The minimum atomic E-state index is 0.00200. The molecule has 106 valence electrons. The molecule has 0 aromatic carbocycles. The maximum absolute atomic E-state index is 11.6. The van der Waals surface area contributed by atoms with Gasteiger partial charge >= 0.3 is 6.03 Å². The van der Waals surface area contributed by atoms with Crippen LogP contribution in [0.3, 0.4) is 0 Å². The van der Waals surface area contributed by atoms with Crippen LogP contribution in [-0.2, 0) is 4.79 Å². The summed E-state index contributed by atoms with van der Waals surface area (Å²) < 4.78 is 0.262. The van der Waals surface area contributed by atoms with Gasteiger partial charge in [0.05, 0.1) is 11.6 Å². The molecule has 19 heavy (non-hydrogen) atoms. The van der Waals surface area contributed by atoms with Gasteiger partial charge in [-0.25, -0.2) is 4.79 Å². The lowest BCUT2D eigenvalue weighted by Crippen LogP contribution is -2.38. The minimum Gasteiger partial charge on any atom is -0.332 e. The van der Waals surface area contributed by atoms with E-state index in [1.807, 2.05) is 25.6 Å². The number of carbonyl (C=O) groups excluding carboxylic acids is 2. The van der Waals surface area contributed by atoms with E-state index in [9.17, 15) is 9.59 Å². The molecule has 0 radical (unpaired) electrons. The average Bonchev–Trinajstić information content (AvgIpc) is 2.68. The van der Waals surface area contributed by atoms with Crippen molar-refractivity contribution < 1.29 is 9.59 Å². The topological polar surface area (TPSA) is 58.2 Å². The van der Waals surface area contributed by atoms with Gasteiger partial charge in [0.25, 0.3) is 0 Å². The Labute approximate surface area is 118 Å². The number of urea groups is 1. The second-order valence-corrected chi connectivity index (χ2v) is 7.84. The van der Waals surface area contributed by atoms with Gasteiger partial charge in [0.15, 0.2) is 0 Å². The van der Waals surface area contributed by atoms with Crippen molar-refractivity contribution in [2.75, 3.05) is 5.75 Å². The molecule has 2 heterocycles. The molecule has 1 aliphatic carbocycles. The van der Waals surface area contributed by atoms with Gasteiger partial charge in [-0.3, -0.25) is 4.79 Å². The van der Waals surface area contributed by atoms with E-state index in [0.29, 0.717) is 18.2 Å². The SMILES string of the molecule is CC(C)C(=O)CCCCC12C[C@@]13NC(=O)N[C@H]3CS2. The van der Waals surface area contributed by atoms with Crippen LogP contribution < -0.4 is 10.6 Å². The number of rotatable bonds is 6. The zero-order valence-corrected chi connectivity index (χ0v) is 12.4. The van der Waals surface area contributed by atoms with E-state index in [4.69, 9.17) is 0 Å². The third kappa shape index (κ3) is 1.97. The summed E-state index contributed by atoms with van der Waals surface area (Å²) >= 11 is 2.01. The number of carbonyl (C=O) groups is 2. The van der Waals surface area contributed by atoms with Crippen LogP contribution in [0.1, 0.15) is 46.0 Å². The van der Waals surface area contributed by atoms with Crippen molar-refractivity contribution in [3.8, 4) is 0 Å². The molecule has 1 saturated carbocycles. The second-order valence-electron chi connectivity index (χ2n) is 6.43. The number of thioether (sulfide) groups is 1. The quantitative estimate of drug-likeness (QED) is 0.579. The van der Waals surface area contributed by atoms with Crippen LogP contribution >= 0.6 is 11.8 Å². The smallest absolute Gasteiger partial charge is 0.315 e. The van der Waals surface area contributed by atoms with Gasteiger partial charge in [-0.15, -0.1) is 0 Å². The molecule has 0 bridgehead atoms. The molecular formula is C14H22N2O2S. The van der Waals surface area contributed by atoms with Crippen LogP contribution in [0.5, 0.6) is 0 Å². The first-order valence-corrected chi connectivity index (χ1v) is 8.23. The van der Waals surface area contributed by atoms with Crippen molar-refractivity contribution in [1.82, 2.24) is 10.6 Å². The Morgan fingerprint density at radius 3 is 3.00 bits per heavy atom.